The van der Waals surface area contributed by atoms with E-state index in [2.05, 4.69) is 42.4 Å². The molecular formula is C26H24N8O. The zero-order valence-corrected chi connectivity index (χ0v) is 19.1. The molecule has 0 saturated carbocycles. The molecule has 1 N–H and O–H groups in total. The largest absolute Gasteiger partial charge is 0.368 e. The van der Waals surface area contributed by atoms with Crippen LogP contribution in [0.5, 0.6) is 0 Å². The Hall–Kier alpha value is -4.53. The number of rotatable bonds is 5. The van der Waals surface area contributed by atoms with Crippen LogP contribution >= 0.6 is 0 Å². The number of hydrogen-bond acceptors (Lipinski definition) is 7. The smallest absolute Gasteiger partial charge is 0.253 e. The summed E-state index contributed by atoms with van der Waals surface area (Å²) in [6, 6.07) is 17.8. The molecule has 174 valence electrons. The molecule has 4 heterocycles. The van der Waals surface area contributed by atoms with Crippen molar-refractivity contribution >= 4 is 40.5 Å². The summed E-state index contributed by atoms with van der Waals surface area (Å²) in [6.07, 6.45) is 7.13. The van der Waals surface area contributed by atoms with Crippen LogP contribution < -0.4 is 10.2 Å². The van der Waals surface area contributed by atoms with Gasteiger partial charge in [0.2, 0.25) is 0 Å². The van der Waals surface area contributed by atoms with Gasteiger partial charge in [0.25, 0.3) is 5.91 Å². The molecule has 9 nitrogen and oxygen atoms in total. The predicted octanol–water partition coefficient (Wildman–Crippen LogP) is 3.30. The predicted molar refractivity (Wildman–Crippen MR) is 136 cm³/mol. The van der Waals surface area contributed by atoms with E-state index in [1.165, 1.54) is 12.0 Å². The van der Waals surface area contributed by atoms with Crippen molar-refractivity contribution in [3.05, 3.63) is 84.5 Å². The zero-order chi connectivity index (χ0) is 23.6. The van der Waals surface area contributed by atoms with Crippen molar-refractivity contribution in [2.24, 2.45) is 4.99 Å². The lowest BCUT2D eigenvalue weighted by atomic mass is 10.1. The molecule has 0 bridgehead atoms. The van der Waals surface area contributed by atoms with E-state index in [0.717, 1.165) is 30.0 Å². The van der Waals surface area contributed by atoms with Crippen molar-refractivity contribution in [2.75, 3.05) is 42.9 Å². The summed E-state index contributed by atoms with van der Waals surface area (Å²) >= 11 is 0. The van der Waals surface area contributed by atoms with Crippen LogP contribution in [0.2, 0.25) is 0 Å². The number of piperazine rings is 1. The molecule has 2 aliphatic rings. The standard InChI is InChI=1S/C26H24N8O/c35-26(33-14-12-32(13-15-33)22-4-2-1-3-5-22)19-6-8-21(9-7-19)31-24-25-29-18-30-34(25)23(17-28-24)20-10-11-27-16-20/h1-10,16-18H,11-15H2,(H,28,31). The molecule has 1 fully saturated rings. The average Bonchev–Trinajstić information content (AvgIpc) is 3.63. The lowest BCUT2D eigenvalue weighted by molar-refractivity contribution is 0.0747. The number of allylic oxidation sites excluding steroid dienone is 1. The maximum absolute atomic E-state index is 13.1. The lowest BCUT2D eigenvalue weighted by Crippen LogP contribution is -2.48. The molecule has 2 aromatic heterocycles. The maximum Gasteiger partial charge on any atom is 0.253 e. The van der Waals surface area contributed by atoms with Gasteiger partial charge in [0.1, 0.15) is 6.33 Å². The third-order valence-corrected chi connectivity index (χ3v) is 6.33. The first-order valence-corrected chi connectivity index (χ1v) is 11.6. The van der Waals surface area contributed by atoms with Crippen molar-refractivity contribution in [3.8, 4) is 0 Å². The Morgan fingerprint density at radius 2 is 1.71 bits per heavy atom. The first-order chi connectivity index (χ1) is 17.3. The van der Waals surface area contributed by atoms with Crippen LogP contribution in [0.15, 0.2) is 78.2 Å². The molecular weight excluding hydrogens is 440 g/mol. The summed E-state index contributed by atoms with van der Waals surface area (Å²) in [5.74, 6) is 0.649. The Bertz CT molecular complexity index is 1420. The molecule has 0 unspecified atom stereocenters. The van der Waals surface area contributed by atoms with E-state index in [1.807, 2.05) is 59.7 Å². The molecule has 9 heteroatoms. The molecule has 4 aromatic rings. The SMILES string of the molecule is O=C(c1ccc(Nc2ncc(C3=CCN=C3)n3ncnc23)cc1)N1CCN(c2ccccc2)CC1. The number of carbonyl (C=O) groups excluding carboxylic acids is 1. The van der Waals surface area contributed by atoms with E-state index in [0.29, 0.717) is 36.7 Å². The van der Waals surface area contributed by atoms with Gasteiger partial charge in [-0.1, -0.05) is 24.3 Å². The van der Waals surface area contributed by atoms with Gasteiger partial charge in [0.05, 0.1) is 18.4 Å². The van der Waals surface area contributed by atoms with Gasteiger partial charge in [-0.15, -0.1) is 0 Å². The summed E-state index contributed by atoms with van der Waals surface area (Å²) in [5.41, 5.74) is 5.14. The number of para-hydroxylation sites is 1. The zero-order valence-electron chi connectivity index (χ0n) is 19.1. The van der Waals surface area contributed by atoms with Crippen molar-refractivity contribution in [3.63, 3.8) is 0 Å². The van der Waals surface area contributed by atoms with Gasteiger partial charge in [0.15, 0.2) is 11.5 Å². The highest BCUT2D eigenvalue weighted by molar-refractivity contribution is 6.11. The van der Waals surface area contributed by atoms with Crippen molar-refractivity contribution < 1.29 is 4.79 Å². The van der Waals surface area contributed by atoms with Crippen LogP contribution in [0.4, 0.5) is 17.2 Å². The minimum absolute atomic E-state index is 0.0538. The van der Waals surface area contributed by atoms with E-state index in [4.69, 9.17) is 0 Å². The molecule has 2 aliphatic heterocycles. The van der Waals surface area contributed by atoms with Crippen molar-refractivity contribution in [1.29, 1.82) is 0 Å². The number of amides is 1. The van der Waals surface area contributed by atoms with E-state index >= 15 is 0 Å². The van der Waals surface area contributed by atoms with Crippen LogP contribution in [-0.2, 0) is 0 Å². The summed E-state index contributed by atoms with van der Waals surface area (Å²) < 4.78 is 1.76. The van der Waals surface area contributed by atoms with E-state index in [1.54, 1.807) is 10.7 Å². The number of aromatic nitrogens is 4. The number of benzene rings is 2. The molecule has 0 radical (unpaired) electrons. The van der Waals surface area contributed by atoms with Crippen molar-refractivity contribution in [2.45, 2.75) is 0 Å². The topological polar surface area (TPSA) is 91.0 Å². The Morgan fingerprint density at radius 1 is 0.914 bits per heavy atom. The number of anilines is 3. The van der Waals surface area contributed by atoms with Crippen LogP contribution in [0.25, 0.3) is 11.2 Å². The Labute approximate surface area is 202 Å². The number of nitrogens with zero attached hydrogens (tertiary/aromatic N) is 7. The molecule has 0 aliphatic carbocycles. The molecule has 0 atom stereocenters. The summed E-state index contributed by atoms with van der Waals surface area (Å²) in [5, 5.41) is 7.65. The minimum Gasteiger partial charge on any atom is -0.368 e. The molecule has 0 spiro atoms. The van der Waals surface area contributed by atoms with Gasteiger partial charge in [-0.05, 0) is 36.4 Å². The Kier molecular flexibility index (Phi) is 5.42. The van der Waals surface area contributed by atoms with Gasteiger partial charge >= 0.3 is 0 Å². The second kappa shape index (κ2) is 9.02. The first kappa shape index (κ1) is 21.0. The highest BCUT2D eigenvalue weighted by atomic mass is 16.2. The van der Waals surface area contributed by atoms with Crippen LogP contribution in [0, 0.1) is 0 Å². The van der Waals surface area contributed by atoms with Gasteiger partial charge < -0.3 is 15.1 Å². The van der Waals surface area contributed by atoms with E-state index in [-0.39, 0.29) is 5.91 Å². The summed E-state index contributed by atoms with van der Waals surface area (Å²) in [7, 11) is 0. The minimum atomic E-state index is 0.0538. The van der Waals surface area contributed by atoms with Crippen LogP contribution in [0.3, 0.4) is 0 Å². The average molecular weight is 465 g/mol. The highest BCUT2D eigenvalue weighted by Gasteiger charge is 2.22. The number of carbonyl (C=O) groups is 1. The summed E-state index contributed by atoms with van der Waals surface area (Å²) in [4.78, 5) is 30.5. The number of aliphatic imine (C=N–C) groups is 1. The second-order valence-corrected chi connectivity index (χ2v) is 8.46. The molecule has 35 heavy (non-hydrogen) atoms. The van der Waals surface area contributed by atoms with Crippen LogP contribution in [0.1, 0.15) is 16.1 Å². The first-order valence-electron chi connectivity index (χ1n) is 11.6. The highest BCUT2D eigenvalue weighted by Crippen LogP contribution is 2.23. The Morgan fingerprint density at radius 3 is 2.46 bits per heavy atom. The van der Waals surface area contributed by atoms with Gasteiger partial charge in [-0.2, -0.15) is 5.10 Å². The number of fused-ring (bicyclic) bond motifs is 1. The van der Waals surface area contributed by atoms with Crippen LogP contribution in [-0.4, -0.2) is 69.3 Å². The van der Waals surface area contributed by atoms with Gasteiger partial charge in [-0.25, -0.2) is 14.5 Å². The second-order valence-electron chi connectivity index (χ2n) is 8.46. The fourth-order valence-corrected chi connectivity index (χ4v) is 4.45. The Balaban J connectivity index is 1.13. The molecule has 2 aromatic carbocycles. The molecule has 1 amide bonds. The molecule has 1 saturated heterocycles. The van der Waals surface area contributed by atoms with E-state index in [9.17, 15) is 4.79 Å². The number of hydrogen-bond donors (Lipinski definition) is 1. The fourth-order valence-electron chi connectivity index (χ4n) is 4.45. The van der Waals surface area contributed by atoms with E-state index < -0.39 is 0 Å². The third-order valence-electron chi connectivity index (χ3n) is 6.33. The summed E-state index contributed by atoms with van der Waals surface area (Å²) in [6.45, 7) is 3.73. The quantitative estimate of drug-likeness (QED) is 0.487. The molecule has 6 rings (SSSR count). The number of nitrogens with one attached hydrogen (secondary N) is 1. The maximum atomic E-state index is 13.1. The van der Waals surface area contributed by atoms with Gasteiger partial charge in [-0.3, -0.25) is 9.79 Å². The lowest BCUT2D eigenvalue weighted by Gasteiger charge is -2.36. The van der Waals surface area contributed by atoms with Gasteiger partial charge in [0, 0.05) is 54.9 Å². The monoisotopic (exact) mass is 464 g/mol. The normalized spacial score (nSPS) is 15.5. The third kappa shape index (κ3) is 4.12. The fraction of sp³-hybridized carbons (Fsp3) is 0.192. The van der Waals surface area contributed by atoms with Crippen molar-refractivity contribution in [1.82, 2.24) is 24.5 Å².